The minimum atomic E-state index is -4.58. The third kappa shape index (κ3) is 4.35. The van der Waals surface area contributed by atoms with Gasteiger partial charge in [-0.15, -0.1) is 0 Å². The molecule has 1 aromatic carbocycles. The number of benzene rings is 1. The fraction of sp³-hybridized carbons (Fsp3) is 0.391. The van der Waals surface area contributed by atoms with Crippen LogP contribution in [-0.4, -0.2) is 59.0 Å². The number of fused-ring (bicyclic) bond motifs is 2. The molecule has 1 aliphatic rings. The molecule has 34 heavy (non-hydrogen) atoms. The molecule has 1 amide bonds. The number of amides is 1. The molecule has 0 spiro atoms. The van der Waals surface area contributed by atoms with Crippen LogP contribution in [-0.2, 0) is 23.9 Å². The maximum atomic E-state index is 13.5. The third-order valence-corrected chi connectivity index (χ3v) is 6.24. The van der Waals surface area contributed by atoms with Crippen molar-refractivity contribution < 1.29 is 23.1 Å². The van der Waals surface area contributed by atoms with Crippen molar-refractivity contribution in [3.63, 3.8) is 0 Å². The number of aliphatic hydroxyl groups is 1. The SMILES string of the molecule is O=C(CCCn1c(C(F)(F)F)nc2ccccc21)N1C[C@H](Cc2cn3ccnc3cn2)[C@H](O)C1. The van der Waals surface area contributed by atoms with E-state index < -0.39 is 18.1 Å². The molecule has 5 rings (SSSR count). The van der Waals surface area contributed by atoms with Gasteiger partial charge < -0.3 is 19.0 Å². The highest BCUT2D eigenvalue weighted by atomic mass is 19.4. The van der Waals surface area contributed by atoms with Gasteiger partial charge in [0.1, 0.15) is 0 Å². The summed E-state index contributed by atoms with van der Waals surface area (Å²) in [6.45, 7) is 0.611. The molecular weight excluding hydrogens is 449 g/mol. The number of hydrogen-bond donors (Lipinski definition) is 1. The van der Waals surface area contributed by atoms with Crippen LogP contribution in [0.1, 0.15) is 24.4 Å². The zero-order chi connectivity index (χ0) is 23.9. The summed E-state index contributed by atoms with van der Waals surface area (Å²) in [6, 6.07) is 6.44. The van der Waals surface area contributed by atoms with Crippen molar-refractivity contribution in [3.05, 3.63) is 60.6 Å². The second-order valence-electron chi connectivity index (χ2n) is 8.58. The van der Waals surface area contributed by atoms with Crippen LogP contribution in [0.15, 0.2) is 49.1 Å². The summed E-state index contributed by atoms with van der Waals surface area (Å²) in [5.41, 5.74) is 2.18. The van der Waals surface area contributed by atoms with Crippen molar-refractivity contribution in [2.75, 3.05) is 13.1 Å². The number of hydrogen-bond acceptors (Lipinski definition) is 5. The highest BCUT2D eigenvalue weighted by molar-refractivity contribution is 5.77. The zero-order valence-electron chi connectivity index (χ0n) is 18.2. The van der Waals surface area contributed by atoms with Gasteiger partial charge >= 0.3 is 6.18 Å². The average molecular weight is 472 g/mol. The number of imidazole rings is 2. The lowest BCUT2D eigenvalue weighted by atomic mass is 10.0. The van der Waals surface area contributed by atoms with Crippen molar-refractivity contribution >= 4 is 22.6 Å². The number of likely N-dealkylation sites (tertiary alicyclic amines) is 1. The van der Waals surface area contributed by atoms with Crippen molar-refractivity contribution in [2.45, 2.75) is 38.1 Å². The molecule has 1 N–H and O–H groups in total. The van der Waals surface area contributed by atoms with E-state index in [1.807, 2.05) is 16.8 Å². The number of carbonyl (C=O) groups is 1. The fourth-order valence-electron chi connectivity index (χ4n) is 4.57. The molecule has 0 radical (unpaired) electrons. The molecule has 4 aromatic rings. The zero-order valence-corrected chi connectivity index (χ0v) is 18.2. The Morgan fingerprint density at radius 1 is 1.18 bits per heavy atom. The monoisotopic (exact) mass is 472 g/mol. The van der Waals surface area contributed by atoms with Gasteiger partial charge in [0.25, 0.3) is 0 Å². The van der Waals surface area contributed by atoms with E-state index in [0.717, 1.165) is 15.9 Å². The predicted molar refractivity (Wildman–Crippen MR) is 117 cm³/mol. The van der Waals surface area contributed by atoms with Gasteiger partial charge in [-0.2, -0.15) is 13.2 Å². The van der Waals surface area contributed by atoms with Gasteiger partial charge in [0.05, 0.1) is 29.0 Å². The number of alkyl halides is 3. The van der Waals surface area contributed by atoms with E-state index in [2.05, 4.69) is 15.0 Å². The fourth-order valence-corrected chi connectivity index (χ4v) is 4.57. The molecule has 0 unspecified atom stereocenters. The first kappa shape index (κ1) is 22.3. The van der Waals surface area contributed by atoms with Gasteiger partial charge in [-0.05, 0) is 25.0 Å². The van der Waals surface area contributed by atoms with E-state index in [9.17, 15) is 23.1 Å². The molecule has 1 fully saturated rings. The molecule has 0 saturated carbocycles. The second kappa shape index (κ2) is 8.71. The third-order valence-electron chi connectivity index (χ3n) is 6.24. The molecule has 3 aromatic heterocycles. The van der Waals surface area contributed by atoms with Crippen LogP contribution in [0.25, 0.3) is 16.7 Å². The number of rotatable bonds is 6. The Morgan fingerprint density at radius 2 is 2.00 bits per heavy atom. The van der Waals surface area contributed by atoms with Crippen LogP contribution in [0.3, 0.4) is 0 Å². The summed E-state index contributed by atoms with van der Waals surface area (Å²) in [5, 5.41) is 10.5. The Morgan fingerprint density at radius 3 is 2.82 bits per heavy atom. The van der Waals surface area contributed by atoms with Gasteiger partial charge in [-0.3, -0.25) is 9.78 Å². The van der Waals surface area contributed by atoms with Gasteiger partial charge in [0.2, 0.25) is 11.7 Å². The molecule has 2 atom stereocenters. The van der Waals surface area contributed by atoms with Crippen LogP contribution >= 0.6 is 0 Å². The topological polar surface area (TPSA) is 88.6 Å². The van der Waals surface area contributed by atoms with Crippen LogP contribution in [0.4, 0.5) is 13.2 Å². The predicted octanol–water partition coefficient (Wildman–Crippen LogP) is 2.94. The number of halogens is 3. The first-order valence-electron chi connectivity index (χ1n) is 11.1. The molecule has 11 heteroatoms. The van der Waals surface area contributed by atoms with Crippen molar-refractivity contribution in [2.24, 2.45) is 5.92 Å². The Bertz CT molecular complexity index is 1330. The Kier molecular flexibility index (Phi) is 5.72. The standard InChI is InChI=1S/C23H23F3N6O2/c24-23(25,26)22-29-17-4-1-2-5-18(17)32(22)8-3-6-21(34)31-12-15(19(33)14-31)10-16-13-30-9-7-27-20(30)11-28-16/h1-2,4-5,7,9,11,13,15,19,33H,3,6,8,10,12,14H2/t15-,19+/m0/s1. The quantitative estimate of drug-likeness (QED) is 0.466. The van der Waals surface area contributed by atoms with Crippen LogP contribution in [0.2, 0.25) is 0 Å². The molecule has 4 heterocycles. The van der Waals surface area contributed by atoms with Crippen LogP contribution in [0.5, 0.6) is 0 Å². The normalized spacial score (nSPS) is 18.9. The average Bonchev–Trinajstić information content (AvgIpc) is 3.51. The highest BCUT2D eigenvalue weighted by Crippen LogP contribution is 2.32. The summed E-state index contributed by atoms with van der Waals surface area (Å²) in [5.74, 6) is -1.30. The van der Waals surface area contributed by atoms with Crippen molar-refractivity contribution in [3.8, 4) is 0 Å². The lowest BCUT2D eigenvalue weighted by Crippen LogP contribution is -2.29. The molecule has 1 saturated heterocycles. The van der Waals surface area contributed by atoms with Crippen LogP contribution in [0, 0.1) is 5.92 Å². The molecule has 178 valence electrons. The van der Waals surface area contributed by atoms with E-state index in [0.29, 0.717) is 18.5 Å². The summed E-state index contributed by atoms with van der Waals surface area (Å²) in [7, 11) is 0. The van der Waals surface area contributed by atoms with E-state index in [1.165, 1.54) is 6.07 Å². The van der Waals surface area contributed by atoms with E-state index in [-0.39, 0.29) is 43.3 Å². The number of aryl methyl sites for hydroxylation is 1. The number of β-amino-alcohol motifs (C(OH)–C–C–N with tert-alkyl or cyclic N) is 1. The Hall–Kier alpha value is -3.47. The number of nitrogens with zero attached hydrogens (tertiary/aromatic N) is 6. The first-order valence-corrected chi connectivity index (χ1v) is 11.1. The molecule has 1 aliphatic heterocycles. The molecule has 0 bridgehead atoms. The number of aliphatic hydroxyl groups excluding tert-OH is 1. The minimum absolute atomic E-state index is 0.0236. The smallest absolute Gasteiger partial charge is 0.391 e. The maximum absolute atomic E-state index is 13.5. The van der Waals surface area contributed by atoms with E-state index in [4.69, 9.17) is 0 Å². The lowest BCUT2D eigenvalue weighted by Gasteiger charge is -2.17. The van der Waals surface area contributed by atoms with Gasteiger partial charge in [0.15, 0.2) is 5.65 Å². The molecule has 8 nitrogen and oxygen atoms in total. The highest BCUT2D eigenvalue weighted by Gasteiger charge is 2.38. The van der Waals surface area contributed by atoms with E-state index in [1.54, 1.807) is 35.5 Å². The number of para-hydroxylation sites is 2. The first-order chi connectivity index (χ1) is 16.3. The largest absolute Gasteiger partial charge is 0.449 e. The summed E-state index contributed by atoms with van der Waals surface area (Å²) >= 11 is 0. The summed E-state index contributed by atoms with van der Waals surface area (Å²) < 4.78 is 43.3. The molecular formula is C23H23F3N6O2. The van der Waals surface area contributed by atoms with Crippen molar-refractivity contribution in [1.82, 2.24) is 28.8 Å². The van der Waals surface area contributed by atoms with E-state index >= 15 is 0 Å². The van der Waals surface area contributed by atoms with Crippen LogP contribution < -0.4 is 0 Å². The molecule has 0 aliphatic carbocycles. The Balaban J connectivity index is 1.20. The summed E-state index contributed by atoms with van der Waals surface area (Å²) in [6.07, 6.45) is 2.57. The number of carbonyl (C=O) groups excluding carboxylic acids is 1. The van der Waals surface area contributed by atoms with Gasteiger partial charge in [0, 0.05) is 50.6 Å². The van der Waals surface area contributed by atoms with Gasteiger partial charge in [-0.1, -0.05) is 12.1 Å². The Labute approximate surface area is 192 Å². The summed E-state index contributed by atoms with van der Waals surface area (Å²) in [4.78, 5) is 26.6. The van der Waals surface area contributed by atoms with Crippen molar-refractivity contribution in [1.29, 1.82) is 0 Å². The lowest BCUT2D eigenvalue weighted by molar-refractivity contribution is -0.146. The minimum Gasteiger partial charge on any atom is -0.391 e. The maximum Gasteiger partial charge on any atom is 0.449 e. The van der Waals surface area contributed by atoms with Gasteiger partial charge in [-0.25, -0.2) is 9.97 Å². The second-order valence-corrected chi connectivity index (χ2v) is 8.58. The number of aromatic nitrogens is 5.